The number of rotatable bonds is 6. The van der Waals surface area contributed by atoms with Gasteiger partial charge in [0.1, 0.15) is 0 Å². The van der Waals surface area contributed by atoms with E-state index in [0.29, 0.717) is 5.92 Å². The molecule has 0 aliphatic heterocycles. The molecule has 0 atom stereocenters. The van der Waals surface area contributed by atoms with Crippen LogP contribution in [-0.4, -0.2) is 0 Å². The third-order valence-corrected chi connectivity index (χ3v) is 4.31. The highest BCUT2D eigenvalue weighted by Crippen LogP contribution is 2.32. The summed E-state index contributed by atoms with van der Waals surface area (Å²) in [5, 5.41) is 0. The molecule has 0 fully saturated rings. The minimum atomic E-state index is 0.365. The molecule has 0 aromatic heterocycles. The average molecular weight is 296 g/mol. The molecule has 2 aromatic rings. The molecule has 4 N–H and O–H groups in total. The molecule has 2 nitrogen and oxygen atoms in total. The summed E-state index contributed by atoms with van der Waals surface area (Å²) in [5.41, 5.74) is 19.2. The zero-order chi connectivity index (χ0) is 16.1. The SMILES string of the molecule is CCCc1cc(N)ccc1C(C)c1ccc(N)cc1CCC. The molecule has 0 amide bonds. The van der Waals surface area contributed by atoms with E-state index in [2.05, 4.69) is 45.0 Å². The molecule has 2 rings (SSSR count). The molecule has 2 heteroatoms. The first kappa shape index (κ1) is 16.4. The van der Waals surface area contributed by atoms with Crippen LogP contribution < -0.4 is 11.5 Å². The molecule has 22 heavy (non-hydrogen) atoms. The zero-order valence-electron chi connectivity index (χ0n) is 14.0. The van der Waals surface area contributed by atoms with Crippen molar-refractivity contribution >= 4 is 11.4 Å². The van der Waals surface area contributed by atoms with E-state index >= 15 is 0 Å². The van der Waals surface area contributed by atoms with E-state index in [-0.39, 0.29) is 0 Å². The van der Waals surface area contributed by atoms with E-state index in [1.165, 1.54) is 22.3 Å². The van der Waals surface area contributed by atoms with Gasteiger partial charge in [-0.2, -0.15) is 0 Å². The second-order valence-electron chi connectivity index (χ2n) is 6.14. The maximum Gasteiger partial charge on any atom is 0.0316 e. The Labute approximate surface area is 134 Å². The molecule has 0 bridgehead atoms. The first-order valence-electron chi connectivity index (χ1n) is 8.33. The number of nitrogen functional groups attached to an aromatic ring is 2. The Morgan fingerprint density at radius 1 is 0.773 bits per heavy atom. The number of aryl methyl sites for hydroxylation is 2. The number of hydrogen-bond donors (Lipinski definition) is 2. The van der Waals surface area contributed by atoms with E-state index in [1.54, 1.807) is 0 Å². The Hall–Kier alpha value is -1.96. The third-order valence-electron chi connectivity index (χ3n) is 4.31. The average Bonchev–Trinajstić information content (AvgIpc) is 2.48. The summed E-state index contributed by atoms with van der Waals surface area (Å²) >= 11 is 0. The normalized spacial score (nSPS) is 11.1. The quantitative estimate of drug-likeness (QED) is 0.744. The third kappa shape index (κ3) is 3.62. The lowest BCUT2D eigenvalue weighted by atomic mass is 9.84. The van der Waals surface area contributed by atoms with E-state index < -0.39 is 0 Å². The fraction of sp³-hybridized carbons (Fsp3) is 0.400. The van der Waals surface area contributed by atoms with Gasteiger partial charge in [-0.05, 0) is 59.4 Å². The molecule has 0 spiro atoms. The van der Waals surface area contributed by atoms with Crippen molar-refractivity contribution in [1.82, 2.24) is 0 Å². The lowest BCUT2D eigenvalue weighted by molar-refractivity contribution is 0.826. The molecule has 0 saturated carbocycles. The number of benzene rings is 2. The van der Waals surface area contributed by atoms with Crippen LogP contribution in [0.3, 0.4) is 0 Å². The Morgan fingerprint density at radius 3 is 1.55 bits per heavy atom. The Bertz CT molecular complexity index is 576. The van der Waals surface area contributed by atoms with Gasteiger partial charge in [-0.1, -0.05) is 45.7 Å². The van der Waals surface area contributed by atoms with Gasteiger partial charge >= 0.3 is 0 Å². The summed E-state index contributed by atoms with van der Waals surface area (Å²) in [6.45, 7) is 6.71. The molecule has 0 aliphatic rings. The highest BCUT2D eigenvalue weighted by Gasteiger charge is 2.16. The molecule has 0 aliphatic carbocycles. The van der Waals surface area contributed by atoms with E-state index in [4.69, 9.17) is 11.5 Å². The van der Waals surface area contributed by atoms with Crippen LogP contribution in [0, 0.1) is 0 Å². The predicted octanol–water partition coefficient (Wildman–Crippen LogP) is 4.91. The van der Waals surface area contributed by atoms with Crippen molar-refractivity contribution in [2.45, 2.75) is 52.4 Å². The highest BCUT2D eigenvalue weighted by atomic mass is 14.5. The Morgan fingerprint density at radius 2 is 1.18 bits per heavy atom. The summed E-state index contributed by atoms with van der Waals surface area (Å²) in [6, 6.07) is 12.7. The van der Waals surface area contributed by atoms with Crippen molar-refractivity contribution in [1.29, 1.82) is 0 Å². The van der Waals surface area contributed by atoms with Crippen LogP contribution in [0.4, 0.5) is 11.4 Å². The summed E-state index contributed by atoms with van der Waals surface area (Å²) in [4.78, 5) is 0. The number of anilines is 2. The fourth-order valence-electron chi connectivity index (χ4n) is 3.24. The Kier molecular flexibility index (Phi) is 5.48. The second-order valence-corrected chi connectivity index (χ2v) is 6.14. The standard InChI is InChI=1S/C20H28N2/c1-4-6-15-12-17(21)8-10-19(15)14(3)20-11-9-18(22)13-16(20)7-5-2/h8-14H,4-7,21-22H2,1-3H3. The van der Waals surface area contributed by atoms with Crippen LogP contribution in [0.1, 0.15) is 61.8 Å². The molecule has 0 radical (unpaired) electrons. The van der Waals surface area contributed by atoms with Crippen molar-refractivity contribution in [3.05, 3.63) is 58.7 Å². The van der Waals surface area contributed by atoms with Crippen molar-refractivity contribution in [2.75, 3.05) is 11.5 Å². The Balaban J connectivity index is 2.45. The highest BCUT2D eigenvalue weighted by molar-refractivity contribution is 5.52. The van der Waals surface area contributed by atoms with Gasteiger partial charge in [0.25, 0.3) is 0 Å². The maximum absolute atomic E-state index is 5.98. The first-order valence-corrected chi connectivity index (χ1v) is 8.33. The van der Waals surface area contributed by atoms with Crippen molar-refractivity contribution < 1.29 is 0 Å². The van der Waals surface area contributed by atoms with Crippen LogP contribution in [0.5, 0.6) is 0 Å². The van der Waals surface area contributed by atoms with Crippen LogP contribution in [0.15, 0.2) is 36.4 Å². The van der Waals surface area contributed by atoms with Crippen molar-refractivity contribution in [2.24, 2.45) is 0 Å². The van der Waals surface area contributed by atoms with Crippen LogP contribution >= 0.6 is 0 Å². The van der Waals surface area contributed by atoms with Gasteiger partial charge in [0.05, 0.1) is 0 Å². The van der Waals surface area contributed by atoms with Crippen LogP contribution in [0.25, 0.3) is 0 Å². The predicted molar refractivity (Wildman–Crippen MR) is 97.2 cm³/mol. The second kappa shape index (κ2) is 7.35. The van der Waals surface area contributed by atoms with Crippen LogP contribution in [-0.2, 0) is 12.8 Å². The summed E-state index contributed by atoms with van der Waals surface area (Å²) in [7, 11) is 0. The zero-order valence-corrected chi connectivity index (χ0v) is 14.0. The van der Waals surface area contributed by atoms with Gasteiger partial charge in [-0.3, -0.25) is 0 Å². The summed E-state index contributed by atoms with van der Waals surface area (Å²) in [5.74, 6) is 0.365. The summed E-state index contributed by atoms with van der Waals surface area (Å²) in [6.07, 6.45) is 4.41. The van der Waals surface area contributed by atoms with Gasteiger partial charge < -0.3 is 11.5 Å². The van der Waals surface area contributed by atoms with Gasteiger partial charge in [-0.25, -0.2) is 0 Å². The van der Waals surface area contributed by atoms with E-state index in [9.17, 15) is 0 Å². The van der Waals surface area contributed by atoms with Gasteiger partial charge in [0.2, 0.25) is 0 Å². The van der Waals surface area contributed by atoms with E-state index in [0.717, 1.165) is 37.1 Å². The summed E-state index contributed by atoms with van der Waals surface area (Å²) < 4.78 is 0. The van der Waals surface area contributed by atoms with Gasteiger partial charge in [0, 0.05) is 17.3 Å². The number of nitrogens with two attached hydrogens (primary N) is 2. The first-order chi connectivity index (χ1) is 10.6. The maximum atomic E-state index is 5.98. The fourth-order valence-corrected chi connectivity index (χ4v) is 3.24. The minimum Gasteiger partial charge on any atom is -0.399 e. The minimum absolute atomic E-state index is 0.365. The largest absolute Gasteiger partial charge is 0.399 e. The molecular formula is C20H28N2. The molecule has 0 heterocycles. The molecule has 0 unspecified atom stereocenters. The molecule has 118 valence electrons. The van der Waals surface area contributed by atoms with Gasteiger partial charge in [0.15, 0.2) is 0 Å². The number of hydrogen-bond acceptors (Lipinski definition) is 2. The smallest absolute Gasteiger partial charge is 0.0316 e. The molecule has 2 aromatic carbocycles. The lowest BCUT2D eigenvalue weighted by Gasteiger charge is -2.21. The molecular weight excluding hydrogens is 268 g/mol. The van der Waals surface area contributed by atoms with Crippen LogP contribution in [0.2, 0.25) is 0 Å². The molecule has 0 saturated heterocycles. The van der Waals surface area contributed by atoms with Crippen molar-refractivity contribution in [3.8, 4) is 0 Å². The van der Waals surface area contributed by atoms with Gasteiger partial charge in [-0.15, -0.1) is 0 Å². The topological polar surface area (TPSA) is 52.0 Å². The van der Waals surface area contributed by atoms with Crippen molar-refractivity contribution in [3.63, 3.8) is 0 Å². The lowest BCUT2D eigenvalue weighted by Crippen LogP contribution is -2.06. The monoisotopic (exact) mass is 296 g/mol. The van der Waals surface area contributed by atoms with E-state index in [1.807, 2.05) is 12.1 Å².